The Hall–Kier alpha value is -1.42. The number of fused-ring (bicyclic) bond motifs is 1. The topological polar surface area (TPSA) is 38.1 Å². The van der Waals surface area contributed by atoms with E-state index in [-0.39, 0.29) is 5.82 Å². The van der Waals surface area contributed by atoms with E-state index in [4.69, 9.17) is 4.42 Å². The predicted molar refractivity (Wildman–Crippen MR) is 72.4 cm³/mol. The van der Waals surface area contributed by atoms with Crippen LogP contribution in [0.25, 0.3) is 11.1 Å². The van der Waals surface area contributed by atoms with Gasteiger partial charge in [0.05, 0.1) is 0 Å². The number of benzene rings is 1. The molecule has 1 aromatic heterocycles. The summed E-state index contributed by atoms with van der Waals surface area (Å²) in [6.45, 7) is 4.45. The molecular weight excluding hydrogens is 243 g/mol. The Morgan fingerprint density at radius 1 is 1.53 bits per heavy atom. The van der Waals surface area contributed by atoms with Gasteiger partial charge >= 0.3 is 0 Å². The number of nitrogens with zero attached hydrogens (tertiary/aromatic N) is 1. The van der Waals surface area contributed by atoms with Crippen molar-refractivity contribution in [1.29, 1.82) is 0 Å². The summed E-state index contributed by atoms with van der Waals surface area (Å²) in [5.74, 6) is 1.66. The molecule has 0 amide bonds. The number of halogens is 1. The van der Waals surface area contributed by atoms with E-state index >= 15 is 0 Å². The lowest BCUT2D eigenvalue weighted by molar-refractivity contribution is 0.267. The largest absolute Gasteiger partial charge is 0.441 e. The summed E-state index contributed by atoms with van der Waals surface area (Å²) in [6, 6.07) is 4.49. The molecule has 1 N–H and O–H groups in total. The lowest BCUT2D eigenvalue weighted by Crippen LogP contribution is -2.33. The molecule has 1 aliphatic heterocycles. The van der Waals surface area contributed by atoms with Crippen molar-refractivity contribution in [1.82, 2.24) is 10.3 Å². The second kappa shape index (κ2) is 5.29. The molecule has 3 nitrogen and oxygen atoms in total. The SMILES string of the molecule is CC(Cc1nc2ccc(F)cc2o1)C1CCCNC1. The highest BCUT2D eigenvalue weighted by molar-refractivity contribution is 5.72. The summed E-state index contributed by atoms with van der Waals surface area (Å²) in [4.78, 5) is 4.43. The second-order valence-electron chi connectivity index (χ2n) is 5.51. The third-order valence-electron chi connectivity index (χ3n) is 4.03. The molecule has 1 saturated heterocycles. The van der Waals surface area contributed by atoms with E-state index < -0.39 is 0 Å². The fraction of sp³-hybridized carbons (Fsp3) is 0.533. The molecule has 102 valence electrons. The lowest BCUT2D eigenvalue weighted by Gasteiger charge is -2.27. The monoisotopic (exact) mass is 262 g/mol. The van der Waals surface area contributed by atoms with Gasteiger partial charge in [-0.25, -0.2) is 9.37 Å². The van der Waals surface area contributed by atoms with Gasteiger partial charge < -0.3 is 9.73 Å². The van der Waals surface area contributed by atoms with E-state index in [0.717, 1.165) is 30.9 Å². The Morgan fingerprint density at radius 3 is 3.21 bits per heavy atom. The van der Waals surface area contributed by atoms with Crippen molar-refractivity contribution in [2.75, 3.05) is 13.1 Å². The fourth-order valence-corrected chi connectivity index (χ4v) is 2.84. The van der Waals surface area contributed by atoms with Crippen LogP contribution in [0.5, 0.6) is 0 Å². The van der Waals surface area contributed by atoms with Crippen LogP contribution < -0.4 is 5.32 Å². The van der Waals surface area contributed by atoms with Crippen molar-refractivity contribution >= 4 is 11.1 Å². The van der Waals surface area contributed by atoms with Crippen molar-refractivity contribution in [2.45, 2.75) is 26.2 Å². The number of rotatable bonds is 3. The van der Waals surface area contributed by atoms with E-state index in [1.165, 1.54) is 25.0 Å². The first-order valence-electron chi connectivity index (χ1n) is 6.98. The molecule has 0 bridgehead atoms. The first kappa shape index (κ1) is 12.6. The van der Waals surface area contributed by atoms with Crippen LogP contribution in [-0.2, 0) is 6.42 Å². The minimum absolute atomic E-state index is 0.278. The molecule has 1 aromatic carbocycles. The van der Waals surface area contributed by atoms with Crippen molar-refractivity contribution < 1.29 is 8.81 Å². The molecule has 0 spiro atoms. The van der Waals surface area contributed by atoms with Crippen LogP contribution in [0.2, 0.25) is 0 Å². The van der Waals surface area contributed by atoms with Crippen LogP contribution in [0, 0.1) is 17.7 Å². The number of oxazole rings is 1. The summed E-state index contributed by atoms with van der Waals surface area (Å²) in [5.41, 5.74) is 1.29. The quantitative estimate of drug-likeness (QED) is 0.923. The molecule has 4 heteroatoms. The maximum Gasteiger partial charge on any atom is 0.195 e. The summed E-state index contributed by atoms with van der Waals surface area (Å²) in [7, 11) is 0. The Kier molecular flexibility index (Phi) is 3.51. The van der Waals surface area contributed by atoms with Crippen LogP contribution in [0.3, 0.4) is 0 Å². The van der Waals surface area contributed by atoms with Crippen LogP contribution in [-0.4, -0.2) is 18.1 Å². The first-order chi connectivity index (χ1) is 9.22. The van der Waals surface area contributed by atoms with Gasteiger partial charge in [0.1, 0.15) is 11.3 Å². The van der Waals surface area contributed by atoms with Gasteiger partial charge in [-0.2, -0.15) is 0 Å². The molecule has 0 saturated carbocycles. The molecule has 2 aromatic rings. The fourth-order valence-electron chi connectivity index (χ4n) is 2.84. The van der Waals surface area contributed by atoms with Gasteiger partial charge in [0, 0.05) is 12.5 Å². The Bertz CT molecular complexity index is 560. The second-order valence-corrected chi connectivity index (χ2v) is 5.51. The van der Waals surface area contributed by atoms with E-state index in [1.807, 2.05) is 0 Å². The summed E-state index contributed by atoms with van der Waals surface area (Å²) in [5, 5.41) is 3.43. The average Bonchev–Trinajstić information content (AvgIpc) is 2.81. The zero-order chi connectivity index (χ0) is 13.2. The van der Waals surface area contributed by atoms with Crippen LogP contribution >= 0.6 is 0 Å². The molecule has 0 radical (unpaired) electrons. The van der Waals surface area contributed by atoms with E-state index in [1.54, 1.807) is 6.07 Å². The van der Waals surface area contributed by atoms with E-state index in [2.05, 4.69) is 17.2 Å². The van der Waals surface area contributed by atoms with Gasteiger partial charge in [-0.05, 0) is 49.9 Å². The van der Waals surface area contributed by atoms with Crippen molar-refractivity contribution in [3.63, 3.8) is 0 Å². The number of piperidine rings is 1. The average molecular weight is 262 g/mol. The van der Waals surface area contributed by atoms with Gasteiger partial charge in [-0.1, -0.05) is 6.92 Å². The van der Waals surface area contributed by atoms with E-state index in [0.29, 0.717) is 17.4 Å². The molecule has 0 aliphatic carbocycles. The van der Waals surface area contributed by atoms with Gasteiger partial charge in [0.15, 0.2) is 11.5 Å². The summed E-state index contributed by atoms with van der Waals surface area (Å²) >= 11 is 0. The molecule has 2 heterocycles. The Balaban J connectivity index is 1.73. The first-order valence-corrected chi connectivity index (χ1v) is 6.98. The van der Waals surface area contributed by atoms with Crippen LogP contribution in [0.1, 0.15) is 25.7 Å². The van der Waals surface area contributed by atoms with Gasteiger partial charge in [0.25, 0.3) is 0 Å². The molecule has 3 rings (SSSR count). The highest BCUT2D eigenvalue weighted by Crippen LogP contribution is 2.25. The maximum atomic E-state index is 13.1. The standard InChI is InChI=1S/C15H19FN2O/c1-10(11-3-2-6-17-9-11)7-15-18-13-5-4-12(16)8-14(13)19-15/h4-5,8,10-11,17H,2-3,6-7,9H2,1H3. The zero-order valence-corrected chi connectivity index (χ0v) is 11.2. The molecule has 2 atom stereocenters. The normalized spacial score (nSPS) is 21.7. The molecular formula is C15H19FN2O. The minimum Gasteiger partial charge on any atom is -0.441 e. The lowest BCUT2D eigenvalue weighted by atomic mass is 9.85. The summed E-state index contributed by atoms with van der Waals surface area (Å²) in [6.07, 6.45) is 3.33. The van der Waals surface area contributed by atoms with Crippen molar-refractivity contribution in [3.05, 3.63) is 29.9 Å². The van der Waals surface area contributed by atoms with Crippen molar-refractivity contribution in [3.8, 4) is 0 Å². The Morgan fingerprint density at radius 2 is 2.42 bits per heavy atom. The van der Waals surface area contributed by atoms with E-state index in [9.17, 15) is 4.39 Å². The van der Waals surface area contributed by atoms with Crippen LogP contribution in [0.4, 0.5) is 4.39 Å². The number of hydrogen-bond acceptors (Lipinski definition) is 3. The smallest absolute Gasteiger partial charge is 0.195 e. The molecule has 2 unspecified atom stereocenters. The van der Waals surface area contributed by atoms with Gasteiger partial charge in [-0.15, -0.1) is 0 Å². The van der Waals surface area contributed by atoms with Crippen LogP contribution in [0.15, 0.2) is 22.6 Å². The molecule has 19 heavy (non-hydrogen) atoms. The molecule has 1 aliphatic rings. The maximum absolute atomic E-state index is 13.1. The molecule has 1 fully saturated rings. The third-order valence-corrected chi connectivity index (χ3v) is 4.03. The highest BCUT2D eigenvalue weighted by atomic mass is 19.1. The third kappa shape index (κ3) is 2.78. The predicted octanol–water partition coefficient (Wildman–Crippen LogP) is 3.15. The zero-order valence-electron chi connectivity index (χ0n) is 11.2. The summed E-state index contributed by atoms with van der Waals surface area (Å²) < 4.78 is 18.7. The minimum atomic E-state index is -0.278. The Labute approximate surface area is 112 Å². The van der Waals surface area contributed by atoms with Crippen molar-refractivity contribution in [2.24, 2.45) is 11.8 Å². The number of aromatic nitrogens is 1. The highest BCUT2D eigenvalue weighted by Gasteiger charge is 2.21. The number of nitrogens with one attached hydrogen (secondary N) is 1. The van der Waals surface area contributed by atoms with Gasteiger partial charge in [0.2, 0.25) is 0 Å². The van der Waals surface area contributed by atoms with Gasteiger partial charge in [-0.3, -0.25) is 0 Å². The number of hydrogen-bond donors (Lipinski definition) is 1.